The van der Waals surface area contributed by atoms with E-state index in [2.05, 4.69) is 16.3 Å². The van der Waals surface area contributed by atoms with Gasteiger partial charge in [0.2, 0.25) is 5.90 Å². The summed E-state index contributed by atoms with van der Waals surface area (Å²) in [7, 11) is 1.54. The molecule has 4 heteroatoms. The molecule has 0 unspecified atom stereocenters. The first kappa shape index (κ1) is 11.4. The van der Waals surface area contributed by atoms with Gasteiger partial charge in [-0.05, 0) is 12.8 Å². The Kier molecular flexibility index (Phi) is 3.55. The van der Waals surface area contributed by atoms with Gasteiger partial charge in [-0.25, -0.2) is 4.79 Å². The summed E-state index contributed by atoms with van der Waals surface area (Å²) < 4.78 is 4.66. The molecule has 0 aromatic heterocycles. The molecular weight excluding hydrogens is 192 g/mol. The van der Waals surface area contributed by atoms with Crippen LogP contribution in [-0.4, -0.2) is 24.6 Å². The fourth-order valence-electron chi connectivity index (χ4n) is 1.21. The summed E-state index contributed by atoms with van der Waals surface area (Å²) in [6.45, 7) is 5.84. The van der Waals surface area contributed by atoms with Crippen molar-refractivity contribution in [3.8, 4) is 0 Å². The summed E-state index contributed by atoms with van der Waals surface area (Å²) in [5.74, 6) is -0.666. The zero-order chi connectivity index (χ0) is 11.4. The molecule has 0 aromatic rings. The van der Waals surface area contributed by atoms with Gasteiger partial charge in [0.25, 0.3) is 0 Å². The zero-order valence-electron chi connectivity index (χ0n) is 8.96. The van der Waals surface area contributed by atoms with Crippen LogP contribution in [0.2, 0.25) is 0 Å². The molecule has 0 aromatic carbocycles. The third-order valence-corrected chi connectivity index (χ3v) is 2.20. The topological polar surface area (TPSA) is 62.5 Å². The van der Waals surface area contributed by atoms with Crippen molar-refractivity contribution in [3.05, 3.63) is 23.8 Å². The van der Waals surface area contributed by atoms with E-state index in [0.717, 1.165) is 12.0 Å². The second-order valence-corrected chi connectivity index (χ2v) is 3.22. The van der Waals surface area contributed by atoms with Gasteiger partial charge >= 0.3 is 5.97 Å². The van der Waals surface area contributed by atoms with Crippen LogP contribution < -0.4 is 0 Å². The Morgan fingerprint density at radius 3 is 2.87 bits per heavy atom. The number of hydrogen-bond acceptors (Lipinski definition) is 4. The van der Waals surface area contributed by atoms with Crippen molar-refractivity contribution in [2.24, 2.45) is 4.99 Å². The Labute approximate surface area is 88.9 Å². The first-order chi connectivity index (χ1) is 7.10. The average Bonchev–Trinajstić information content (AvgIpc) is 2.49. The fourth-order valence-corrected chi connectivity index (χ4v) is 1.21. The molecule has 1 fully saturated rings. The Morgan fingerprint density at radius 1 is 1.67 bits per heavy atom. The van der Waals surface area contributed by atoms with E-state index in [1.807, 2.05) is 6.92 Å². The number of cyclic esters (lactones) is 1. The minimum atomic E-state index is -0.496. The van der Waals surface area contributed by atoms with E-state index >= 15 is 0 Å². The van der Waals surface area contributed by atoms with Gasteiger partial charge in [-0.1, -0.05) is 25.2 Å². The highest BCUT2D eigenvalue weighted by Crippen LogP contribution is 2.15. The third kappa shape index (κ3) is 2.40. The molecule has 1 rings (SSSR count). The number of nitrogens with one attached hydrogen (secondary N) is 1. The van der Waals surface area contributed by atoms with E-state index in [1.54, 1.807) is 6.08 Å². The molecule has 0 aliphatic carbocycles. The lowest BCUT2D eigenvalue weighted by Gasteiger charge is -1.96. The van der Waals surface area contributed by atoms with Gasteiger partial charge in [0, 0.05) is 7.05 Å². The second-order valence-electron chi connectivity index (χ2n) is 3.22. The quantitative estimate of drug-likeness (QED) is 0.435. The number of carbonyl (C=O) groups excluding carboxylic acids is 1. The normalized spacial score (nSPS) is 21.2. The van der Waals surface area contributed by atoms with Crippen LogP contribution in [0.5, 0.6) is 0 Å². The van der Waals surface area contributed by atoms with E-state index in [0.29, 0.717) is 17.7 Å². The first-order valence-electron chi connectivity index (χ1n) is 4.75. The van der Waals surface area contributed by atoms with Crippen LogP contribution in [0.25, 0.3) is 0 Å². The lowest BCUT2D eigenvalue weighted by atomic mass is 10.1. The molecule has 1 N–H and O–H groups in total. The van der Waals surface area contributed by atoms with Crippen molar-refractivity contribution < 1.29 is 9.53 Å². The maximum Gasteiger partial charge on any atom is 0.347 e. The molecule has 0 bridgehead atoms. The predicted molar refractivity (Wildman–Crippen MR) is 59.3 cm³/mol. The van der Waals surface area contributed by atoms with E-state index in [4.69, 9.17) is 5.41 Å². The molecule has 1 heterocycles. The fraction of sp³-hybridized carbons (Fsp3) is 0.364. The van der Waals surface area contributed by atoms with Crippen molar-refractivity contribution in [1.29, 1.82) is 5.41 Å². The van der Waals surface area contributed by atoms with E-state index in [-0.39, 0.29) is 5.90 Å². The number of nitrogens with zero attached hydrogens (tertiary/aromatic N) is 1. The van der Waals surface area contributed by atoms with E-state index in [9.17, 15) is 4.79 Å². The summed E-state index contributed by atoms with van der Waals surface area (Å²) in [6, 6.07) is 0. The van der Waals surface area contributed by atoms with Gasteiger partial charge in [0.1, 0.15) is 5.71 Å². The van der Waals surface area contributed by atoms with Gasteiger partial charge < -0.3 is 4.74 Å². The van der Waals surface area contributed by atoms with Crippen molar-refractivity contribution in [3.63, 3.8) is 0 Å². The van der Waals surface area contributed by atoms with Crippen LogP contribution in [0.15, 0.2) is 28.8 Å². The molecule has 15 heavy (non-hydrogen) atoms. The summed E-state index contributed by atoms with van der Waals surface area (Å²) >= 11 is 0. The van der Waals surface area contributed by atoms with Gasteiger partial charge in [0.05, 0.1) is 5.57 Å². The van der Waals surface area contributed by atoms with Crippen LogP contribution in [0, 0.1) is 5.41 Å². The summed E-state index contributed by atoms with van der Waals surface area (Å²) in [5.41, 5.74) is 1.73. The van der Waals surface area contributed by atoms with E-state index < -0.39 is 5.97 Å². The number of aliphatic imine (C=N–C) groups is 1. The number of hydrogen-bond donors (Lipinski definition) is 1. The first-order valence-corrected chi connectivity index (χ1v) is 4.75. The van der Waals surface area contributed by atoms with Gasteiger partial charge in [-0.2, -0.15) is 0 Å². The molecule has 0 saturated carbocycles. The number of ether oxygens (including phenoxy) is 1. The largest absolute Gasteiger partial charge is 0.402 e. The highest BCUT2D eigenvalue weighted by molar-refractivity contribution is 6.55. The van der Waals surface area contributed by atoms with E-state index in [1.165, 1.54) is 7.05 Å². The zero-order valence-corrected chi connectivity index (χ0v) is 8.96. The molecule has 0 atom stereocenters. The second kappa shape index (κ2) is 4.68. The van der Waals surface area contributed by atoms with Crippen molar-refractivity contribution >= 4 is 17.6 Å². The Balaban J connectivity index is 2.88. The summed E-state index contributed by atoms with van der Waals surface area (Å²) in [5, 5.41) is 7.36. The van der Waals surface area contributed by atoms with Crippen LogP contribution in [0.4, 0.5) is 0 Å². The Hall–Kier alpha value is -1.71. The molecule has 0 radical (unpaired) electrons. The standard InChI is InChI=1S/C11H14N2O2/c1-4-7(2)5-6-8-9(13-3)10(12)15-11(8)14/h6,12H,2,4-5H2,1,3H3/b8-6+,12-10?,13-9+. The van der Waals surface area contributed by atoms with Gasteiger partial charge in [-0.3, -0.25) is 10.4 Å². The highest BCUT2D eigenvalue weighted by Gasteiger charge is 2.31. The lowest BCUT2D eigenvalue weighted by molar-refractivity contribution is -0.129. The highest BCUT2D eigenvalue weighted by atomic mass is 16.5. The minimum absolute atomic E-state index is 0.170. The molecule has 1 aliphatic heterocycles. The number of carbonyl (C=O) groups is 1. The maximum absolute atomic E-state index is 11.3. The molecule has 0 amide bonds. The molecule has 80 valence electrons. The molecule has 1 saturated heterocycles. The number of allylic oxidation sites excluding steroid dienone is 2. The number of rotatable bonds is 3. The molecule has 1 aliphatic rings. The van der Waals surface area contributed by atoms with Gasteiger partial charge in [0.15, 0.2) is 0 Å². The molecular formula is C11H14N2O2. The molecule has 0 spiro atoms. The maximum atomic E-state index is 11.3. The SMILES string of the molecule is C=C(CC)C/C=C1/C(=O)OC(=N)/C1=N/C. The summed E-state index contributed by atoms with van der Waals surface area (Å²) in [4.78, 5) is 15.2. The number of esters is 1. The van der Waals surface area contributed by atoms with Crippen molar-refractivity contribution in [1.82, 2.24) is 0 Å². The Bertz CT molecular complexity index is 378. The Morgan fingerprint density at radius 2 is 2.33 bits per heavy atom. The van der Waals surface area contributed by atoms with Crippen molar-refractivity contribution in [2.45, 2.75) is 19.8 Å². The van der Waals surface area contributed by atoms with Crippen molar-refractivity contribution in [2.75, 3.05) is 7.05 Å². The predicted octanol–water partition coefficient (Wildman–Crippen LogP) is 1.87. The lowest BCUT2D eigenvalue weighted by Crippen LogP contribution is -2.06. The van der Waals surface area contributed by atoms with Crippen LogP contribution in [0.3, 0.4) is 0 Å². The van der Waals surface area contributed by atoms with Crippen LogP contribution in [-0.2, 0) is 9.53 Å². The minimum Gasteiger partial charge on any atom is -0.402 e. The third-order valence-electron chi connectivity index (χ3n) is 2.20. The van der Waals surface area contributed by atoms with Crippen LogP contribution >= 0.6 is 0 Å². The van der Waals surface area contributed by atoms with Crippen LogP contribution in [0.1, 0.15) is 19.8 Å². The monoisotopic (exact) mass is 206 g/mol. The molecule has 4 nitrogen and oxygen atoms in total. The van der Waals surface area contributed by atoms with Gasteiger partial charge in [-0.15, -0.1) is 0 Å². The smallest absolute Gasteiger partial charge is 0.347 e. The summed E-state index contributed by atoms with van der Waals surface area (Å²) in [6.07, 6.45) is 3.21. The average molecular weight is 206 g/mol.